The van der Waals surface area contributed by atoms with Crippen molar-refractivity contribution < 1.29 is 0 Å². The molecule has 2 rings (SSSR count). The van der Waals surface area contributed by atoms with Crippen LogP contribution in [0.2, 0.25) is 0 Å². The molecule has 0 fully saturated rings. The van der Waals surface area contributed by atoms with Gasteiger partial charge in [0.25, 0.3) is 0 Å². The van der Waals surface area contributed by atoms with Crippen LogP contribution in [0.3, 0.4) is 0 Å². The molecule has 0 aliphatic heterocycles. The van der Waals surface area contributed by atoms with E-state index >= 15 is 0 Å². The van der Waals surface area contributed by atoms with Gasteiger partial charge in [-0.05, 0) is 67.6 Å². The van der Waals surface area contributed by atoms with Gasteiger partial charge in [0.2, 0.25) is 0 Å². The predicted molar refractivity (Wildman–Crippen MR) is 135 cm³/mol. The van der Waals surface area contributed by atoms with Crippen LogP contribution in [0, 0.1) is 12.8 Å². The van der Waals surface area contributed by atoms with Gasteiger partial charge in [0.15, 0.2) is 0 Å². The predicted octanol–water partition coefficient (Wildman–Crippen LogP) is 5.87. The fourth-order valence-electron chi connectivity index (χ4n) is 4.28. The number of hydrogen-bond donors (Lipinski definition) is 1. The zero-order valence-electron chi connectivity index (χ0n) is 21.8. The van der Waals surface area contributed by atoms with Crippen LogP contribution < -0.4 is 5.43 Å². The maximum atomic E-state index is 4.96. The average Bonchev–Trinajstić information content (AvgIpc) is 3.24. The van der Waals surface area contributed by atoms with Gasteiger partial charge in [-0.15, -0.1) is 0 Å². The minimum atomic E-state index is 0.432. The zero-order valence-corrected chi connectivity index (χ0v) is 21.8. The van der Waals surface area contributed by atoms with Crippen molar-refractivity contribution in [2.45, 2.75) is 99.5 Å². The van der Waals surface area contributed by atoms with Crippen molar-refractivity contribution in [3.8, 4) is 0 Å². The standard InChI is InChI=1S/C26H44N6/c1-17(2)20(7)24(28-27-9)15-25-22(18(3)4)16-32(30-25)14-12-11-13-23-26(19(5)6)21(8)31(10)29-23/h16-19,28H,9,11-15H2,1-8,10H3/b24-20+. The Morgan fingerprint density at radius 1 is 1.06 bits per heavy atom. The molecule has 0 bridgehead atoms. The van der Waals surface area contributed by atoms with Crippen LogP contribution in [0.4, 0.5) is 0 Å². The quantitative estimate of drug-likeness (QED) is 0.255. The minimum absolute atomic E-state index is 0.432. The first-order valence-corrected chi connectivity index (χ1v) is 12.1. The Morgan fingerprint density at radius 2 is 1.75 bits per heavy atom. The molecule has 0 aromatic carbocycles. The number of aromatic nitrogens is 4. The SMILES string of the molecule is C=NN/C(Cc1nn(CCCCc2nn(C)c(C)c2C(C)C)cc1C(C)C)=C(\C)C(C)C. The van der Waals surface area contributed by atoms with E-state index in [9.17, 15) is 0 Å². The van der Waals surface area contributed by atoms with E-state index in [-0.39, 0.29) is 0 Å². The van der Waals surface area contributed by atoms with E-state index in [0.717, 1.165) is 43.6 Å². The number of allylic oxidation sites excluding steroid dienone is 2. The highest BCUT2D eigenvalue weighted by Gasteiger charge is 2.17. The van der Waals surface area contributed by atoms with Crippen molar-refractivity contribution in [1.82, 2.24) is 25.0 Å². The highest BCUT2D eigenvalue weighted by atomic mass is 15.3. The topological polar surface area (TPSA) is 60.0 Å². The third-order valence-corrected chi connectivity index (χ3v) is 6.48. The summed E-state index contributed by atoms with van der Waals surface area (Å²) >= 11 is 0. The summed E-state index contributed by atoms with van der Waals surface area (Å²) < 4.78 is 4.15. The van der Waals surface area contributed by atoms with Crippen LogP contribution in [-0.2, 0) is 26.4 Å². The Bertz CT molecular complexity index is 927. The maximum Gasteiger partial charge on any atom is 0.0718 e. The summed E-state index contributed by atoms with van der Waals surface area (Å²) in [6.45, 7) is 22.3. The van der Waals surface area contributed by atoms with E-state index in [1.165, 1.54) is 28.1 Å². The summed E-state index contributed by atoms with van der Waals surface area (Å²) in [6, 6.07) is 0. The Hall–Kier alpha value is -2.37. The molecule has 2 aromatic rings. The van der Waals surface area contributed by atoms with Crippen LogP contribution in [0.25, 0.3) is 0 Å². The Labute approximate surface area is 195 Å². The molecule has 0 saturated carbocycles. The summed E-state index contributed by atoms with van der Waals surface area (Å²) in [5, 5.41) is 13.7. The van der Waals surface area contributed by atoms with Gasteiger partial charge in [0, 0.05) is 44.3 Å². The number of hydrazone groups is 1. The second-order valence-electron chi connectivity index (χ2n) is 9.89. The van der Waals surface area contributed by atoms with Crippen molar-refractivity contribution in [3.05, 3.63) is 45.7 Å². The number of aryl methyl sites for hydroxylation is 3. The van der Waals surface area contributed by atoms with Gasteiger partial charge in [-0.25, -0.2) is 0 Å². The van der Waals surface area contributed by atoms with Crippen LogP contribution in [0.5, 0.6) is 0 Å². The zero-order chi connectivity index (χ0) is 24.0. The summed E-state index contributed by atoms with van der Waals surface area (Å²) in [4.78, 5) is 0. The number of nitrogens with one attached hydrogen (secondary N) is 1. The van der Waals surface area contributed by atoms with Crippen molar-refractivity contribution >= 4 is 6.72 Å². The maximum absolute atomic E-state index is 4.96. The molecule has 0 radical (unpaired) electrons. The molecule has 0 aliphatic carbocycles. The minimum Gasteiger partial charge on any atom is -0.283 e. The lowest BCUT2D eigenvalue weighted by molar-refractivity contribution is 0.547. The molecule has 0 spiro atoms. The number of unbranched alkanes of at least 4 members (excludes halogenated alkanes) is 1. The van der Waals surface area contributed by atoms with Gasteiger partial charge in [-0.1, -0.05) is 41.5 Å². The molecule has 32 heavy (non-hydrogen) atoms. The van der Waals surface area contributed by atoms with Crippen LogP contribution in [0.1, 0.15) is 101 Å². The monoisotopic (exact) mass is 440 g/mol. The molecule has 0 saturated heterocycles. The van der Waals surface area contributed by atoms with Gasteiger partial charge in [-0.2, -0.15) is 15.3 Å². The lowest BCUT2D eigenvalue weighted by Crippen LogP contribution is -2.14. The van der Waals surface area contributed by atoms with Crippen molar-refractivity contribution in [2.75, 3.05) is 0 Å². The summed E-state index contributed by atoms with van der Waals surface area (Å²) in [6.07, 6.45) is 6.21. The fourth-order valence-corrected chi connectivity index (χ4v) is 4.28. The number of nitrogens with zero attached hydrogens (tertiary/aromatic N) is 5. The first-order chi connectivity index (χ1) is 15.1. The smallest absolute Gasteiger partial charge is 0.0718 e. The second kappa shape index (κ2) is 11.5. The van der Waals surface area contributed by atoms with Crippen LogP contribution in [-0.4, -0.2) is 26.3 Å². The Morgan fingerprint density at radius 3 is 2.31 bits per heavy atom. The first-order valence-electron chi connectivity index (χ1n) is 12.1. The van der Waals surface area contributed by atoms with E-state index in [2.05, 4.69) is 83.5 Å². The molecule has 0 amide bonds. The molecule has 2 aromatic heterocycles. The molecular formula is C26H44N6. The van der Waals surface area contributed by atoms with Crippen molar-refractivity contribution in [3.63, 3.8) is 0 Å². The van der Waals surface area contributed by atoms with Gasteiger partial charge >= 0.3 is 0 Å². The third-order valence-electron chi connectivity index (χ3n) is 6.48. The highest BCUT2D eigenvalue weighted by Crippen LogP contribution is 2.25. The van der Waals surface area contributed by atoms with Gasteiger partial charge in [0.1, 0.15) is 0 Å². The Balaban J connectivity index is 2.09. The van der Waals surface area contributed by atoms with Crippen LogP contribution >= 0.6 is 0 Å². The molecule has 178 valence electrons. The fraction of sp³-hybridized carbons (Fsp3) is 0.654. The normalized spacial score (nSPS) is 12.8. The average molecular weight is 441 g/mol. The van der Waals surface area contributed by atoms with Gasteiger partial charge < -0.3 is 0 Å². The Kier molecular flexibility index (Phi) is 9.29. The summed E-state index contributed by atoms with van der Waals surface area (Å²) in [7, 11) is 2.05. The van der Waals surface area contributed by atoms with E-state index in [4.69, 9.17) is 10.2 Å². The van der Waals surface area contributed by atoms with E-state index < -0.39 is 0 Å². The largest absolute Gasteiger partial charge is 0.283 e. The first kappa shape index (κ1) is 25.9. The molecule has 0 aliphatic rings. The molecule has 6 heteroatoms. The van der Waals surface area contributed by atoms with Crippen LogP contribution in [0.15, 0.2) is 22.6 Å². The molecule has 2 heterocycles. The molecule has 0 unspecified atom stereocenters. The second-order valence-corrected chi connectivity index (χ2v) is 9.89. The highest BCUT2D eigenvalue weighted by molar-refractivity contribution is 5.30. The lowest BCUT2D eigenvalue weighted by Gasteiger charge is -2.14. The summed E-state index contributed by atoms with van der Waals surface area (Å²) in [5.74, 6) is 1.40. The number of hydrogen-bond acceptors (Lipinski definition) is 4. The van der Waals surface area contributed by atoms with Gasteiger partial charge in [0.05, 0.1) is 11.4 Å². The van der Waals surface area contributed by atoms with E-state index in [1.54, 1.807) is 0 Å². The lowest BCUT2D eigenvalue weighted by atomic mass is 9.97. The molecule has 6 nitrogen and oxygen atoms in total. The summed E-state index contributed by atoms with van der Waals surface area (Å²) in [5.41, 5.74) is 11.9. The number of rotatable bonds is 12. The third kappa shape index (κ3) is 6.33. The van der Waals surface area contributed by atoms with Crippen molar-refractivity contribution in [2.24, 2.45) is 18.1 Å². The van der Waals surface area contributed by atoms with Gasteiger partial charge in [-0.3, -0.25) is 14.8 Å². The van der Waals surface area contributed by atoms with E-state index in [1.807, 2.05) is 11.7 Å². The van der Waals surface area contributed by atoms with Crippen molar-refractivity contribution in [1.29, 1.82) is 0 Å². The molecule has 1 N–H and O–H groups in total. The molecular weight excluding hydrogens is 396 g/mol. The molecule has 0 atom stereocenters. The van der Waals surface area contributed by atoms with E-state index in [0.29, 0.717) is 17.8 Å².